The normalized spacial score (nSPS) is 17.8. The molecule has 1 amide bonds. The van der Waals surface area contributed by atoms with Crippen molar-refractivity contribution in [3.05, 3.63) is 29.8 Å². The minimum absolute atomic E-state index is 0.0256. The molecular weight excluding hydrogens is 338 g/mol. The van der Waals surface area contributed by atoms with Gasteiger partial charge in [0.05, 0.1) is 4.90 Å². The number of carbonyl (C=O) groups excluding carboxylic acids is 1. The van der Waals surface area contributed by atoms with Gasteiger partial charge in [-0.1, -0.05) is 20.8 Å². The number of amides is 1. The predicted octanol–water partition coefficient (Wildman–Crippen LogP) is 1.93. The van der Waals surface area contributed by atoms with E-state index < -0.39 is 10.0 Å². The molecular formula is C18H29N3O3S. The van der Waals surface area contributed by atoms with E-state index in [0.717, 1.165) is 25.9 Å². The number of hydrogen-bond donors (Lipinski definition) is 1. The van der Waals surface area contributed by atoms with Gasteiger partial charge < -0.3 is 10.2 Å². The summed E-state index contributed by atoms with van der Waals surface area (Å²) in [6.45, 7) is 9.01. The van der Waals surface area contributed by atoms with Crippen LogP contribution in [-0.2, 0) is 10.0 Å². The Morgan fingerprint density at radius 3 is 2.28 bits per heavy atom. The topological polar surface area (TPSA) is 69.7 Å². The molecule has 2 rings (SSSR count). The van der Waals surface area contributed by atoms with Crippen LogP contribution in [0.25, 0.3) is 0 Å². The highest BCUT2D eigenvalue weighted by Crippen LogP contribution is 2.19. The molecule has 1 aliphatic rings. The minimum Gasteiger partial charge on any atom is -0.334 e. The molecule has 140 valence electrons. The monoisotopic (exact) mass is 367 g/mol. The second-order valence-electron chi connectivity index (χ2n) is 6.26. The summed E-state index contributed by atoms with van der Waals surface area (Å²) >= 11 is 0. The van der Waals surface area contributed by atoms with E-state index in [4.69, 9.17) is 0 Å². The van der Waals surface area contributed by atoms with E-state index in [2.05, 4.69) is 12.2 Å². The summed E-state index contributed by atoms with van der Waals surface area (Å²) in [6, 6.07) is 6.55. The number of nitrogens with one attached hydrogen (secondary N) is 1. The maximum absolute atomic E-state index is 12.9. The zero-order valence-corrected chi connectivity index (χ0v) is 16.2. The van der Waals surface area contributed by atoms with Gasteiger partial charge in [-0.25, -0.2) is 8.42 Å². The molecule has 0 spiro atoms. The molecule has 1 atom stereocenters. The molecule has 1 heterocycles. The molecule has 0 bridgehead atoms. The highest BCUT2D eigenvalue weighted by Gasteiger charge is 2.27. The minimum atomic E-state index is -3.49. The average molecular weight is 368 g/mol. The summed E-state index contributed by atoms with van der Waals surface area (Å²) < 4.78 is 26.5. The van der Waals surface area contributed by atoms with Gasteiger partial charge in [0.1, 0.15) is 0 Å². The second kappa shape index (κ2) is 8.78. The largest absolute Gasteiger partial charge is 0.334 e. The van der Waals surface area contributed by atoms with E-state index >= 15 is 0 Å². The predicted molar refractivity (Wildman–Crippen MR) is 99.2 cm³/mol. The Kier molecular flexibility index (Phi) is 6.98. The highest BCUT2D eigenvalue weighted by molar-refractivity contribution is 7.89. The van der Waals surface area contributed by atoms with E-state index in [9.17, 15) is 13.2 Å². The van der Waals surface area contributed by atoms with E-state index in [1.807, 2.05) is 18.7 Å². The van der Waals surface area contributed by atoms with E-state index in [1.165, 1.54) is 16.4 Å². The first-order chi connectivity index (χ1) is 12.0. The lowest BCUT2D eigenvalue weighted by atomic mass is 10.1. The zero-order valence-electron chi connectivity index (χ0n) is 15.4. The molecule has 0 aliphatic carbocycles. The van der Waals surface area contributed by atoms with Gasteiger partial charge in [0.2, 0.25) is 10.0 Å². The third kappa shape index (κ3) is 4.40. The molecule has 1 aromatic rings. The fraction of sp³-hybridized carbons (Fsp3) is 0.611. The van der Waals surface area contributed by atoms with Crippen LogP contribution in [0.3, 0.4) is 0 Å². The molecule has 7 heteroatoms. The van der Waals surface area contributed by atoms with Crippen molar-refractivity contribution in [2.24, 2.45) is 0 Å². The lowest BCUT2D eigenvalue weighted by Crippen LogP contribution is -2.42. The standard InChI is InChI=1S/C18H29N3O3S/c1-4-13-21(16-11-12-19-14-16)18(22)15-7-9-17(10-8-15)25(23,24)20(5-2)6-3/h7-10,16,19H,4-6,11-14H2,1-3H3/t16-/m1/s1. The van der Waals surface area contributed by atoms with Gasteiger partial charge in [-0.05, 0) is 43.7 Å². The Bertz CT molecular complexity index is 663. The number of carbonyl (C=O) groups is 1. The quantitative estimate of drug-likeness (QED) is 0.762. The first-order valence-corrected chi connectivity index (χ1v) is 10.5. The van der Waals surface area contributed by atoms with E-state index in [0.29, 0.717) is 25.2 Å². The van der Waals surface area contributed by atoms with Crippen LogP contribution in [0.2, 0.25) is 0 Å². The molecule has 1 fully saturated rings. The first-order valence-electron chi connectivity index (χ1n) is 9.07. The Hall–Kier alpha value is -1.44. The van der Waals surface area contributed by atoms with Crippen LogP contribution in [0.4, 0.5) is 0 Å². The lowest BCUT2D eigenvalue weighted by molar-refractivity contribution is 0.0692. The van der Waals surface area contributed by atoms with Crippen molar-refractivity contribution < 1.29 is 13.2 Å². The fourth-order valence-electron chi connectivity index (χ4n) is 3.24. The maximum Gasteiger partial charge on any atom is 0.254 e. The third-order valence-electron chi connectivity index (χ3n) is 4.64. The molecule has 1 aliphatic heterocycles. The summed E-state index contributed by atoms with van der Waals surface area (Å²) in [5.74, 6) is -0.0256. The Morgan fingerprint density at radius 2 is 1.80 bits per heavy atom. The summed E-state index contributed by atoms with van der Waals surface area (Å²) in [4.78, 5) is 15.0. The van der Waals surface area contributed by atoms with E-state index in [-0.39, 0.29) is 16.8 Å². The van der Waals surface area contributed by atoms with Crippen molar-refractivity contribution in [1.82, 2.24) is 14.5 Å². The molecule has 25 heavy (non-hydrogen) atoms. The highest BCUT2D eigenvalue weighted by atomic mass is 32.2. The van der Waals surface area contributed by atoms with Crippen LogP contribution in [0, 0.1) is 0 Å². The van der Waals surface area contributed by atoms with Crippen LogP contribution >= 0.6 is 0 Å². The van der Waals surface area contributed by atoms with Crippen molar-refractivity contribution in [3.63, 3.8) is 0 Å². The number of nitrogens with zero attached hydrogens (tertiary/aromatic N) is 2. The van der Waals surface area contributed by atoms with Crippen molar-refractivity contribution in [2.75, 3.05) is 32.7 Å². The third-order valence-corrected chi connectivity index (χ3v) is 6.71. The number of sulfonamides is 1. The van der Waals surface area contributed by atoms with Crippen molar-refractivity contribution in [3.8, 4) is 0 Å². The SMILES string of the molecule is CCCN(C(=O)c1ccc(S(=O)(=O)N(CC)CC)cc1)[C@@H]1CCNC1. The smallest absolute Gasteiger partial charge is 0.254 e. The van der Waals surface area contributed by atoms with E-state index in [1.54, 1.807) is 12.1 Å². The fourth-order valence-corrected chi connectivity index (χ4v) is 4.70. The van der Waals surface area contributed by atoms with Crippen molar-refractivity contribution in [2.45, 2.75) is 44.6 Å². The maximum atomic E-state index is 12.9. The zero-order chi connectivity index (χ0) is 18.4. The van der Waals surface area contributed by atoms with Crippen LogP contribution in [0.1, 0.15) is 44.0 Å². The summed E-state index contributed by atoms with van der Waals surface area (Å²) in [5.41, 5.74) is 0.541. The van der Waals surface area contributed by atoms with Gasteiger partial charge in [0.15, 0.2) is 0 Å². The Labute approximate surface area is 151 Å². The molecule has 0 aromatic heterocycles. The second-order valence-corrected chi connectivity index (χ2v) is 8.20. The summed E-state index contributed by atoms with van der Waals surface area (Å²) in [5, 5.41) is 3.29. The molecule has 1 saturated heterocycles. The van der Waals surface area contributed by atoms with Crippen molar-refractivity contribution >= 4 is 15.9 Å². The Balaban J connectivity index is 2.21. The number of benzene rings is 1. The van der Waals surface area contributed by atoms with Gasteiger partial charge in [0.25, 0.3) is 5.91 Å². The Morgan fingerprint density at radius 1 is 1.16 bits per heavy atom. The lowest BCUT2D eigenvalue weighted by Gasteiger charge is -2.28. The molecule has 1 aromatic carbocycles. The van der Waals surface area contributed by atoms with Gasteiger partial charge in [0, 0.05) is 37.8 Å². The molecule has 0 unspecified atom stereocenters. The van der Waals surface area contributed by atoms with Gasteiger partial charge in [-0.3, -0.25) is 4.79 Å². The van der Waals surface area contributed by atoms with Crippen LogP contribution < -0.4 is 5.32 Å². The van der Waals surface area contributed by atoms with Crippen molar-refractivity contribution in [1.29, 1.82) is 0 Å². The first kappa shape index (κ1) is 19.9. The average Bonchev–Trinajstić information content (AvgIpc) is 3.14. The molecule has 0 radical (unpaired) electrons. The number of hydrogen-bond acceptors (Lipinski definition) is 4. The van der Waals surface area contributed by atoms with Crippen LogP contribution in [-0.4, -0.2) is 62.3 Å². The van der Waals surface area contributed by atoms with Gasteiger partial charge in [-0.2, -0.15) is 4.31 Å². The molecule has 1 N–H and O–H groups in total. The van der Waals surface area contributed by atoms with Gasteiger partial charge >= 0.3 is 0 Å². The van der Waals surface area contributed by atoms with Crippen LogP contribution in [0.5, 0.6) is 0 Å². The number of rotatable bonds is 8. The molecule has 6 nitrogen and oxygen atoms in total. The van der Waals surface area contributed by atoms with Crippen LogP contribution in [0.15, 0.2) is 29.2 Å². The summed E-state index contributed by atoms with van der Waals surface area (Å²) in [7, 11) is -3.49. The summed E-state index contributed by atoms with van der Waals surface area (Å²) in [6.07, 6.45) is 1.86. The molecule has 0 saturated carbocycles. The van der Waals surface area contributed by atoms with Gasteiger partial charge in [-0.15, -0.1) is 0 Å².